The van der Waals surface area contributed by atoms with E-state index in [0.29, 0.717) is 97.6 Å². The van der Waals surface area contributed by atoms with Crippen LogP contribution in [-0.2, 0) is 48.3 Å². The van der Waals surface area contributed by atoms with Gasteiger partial charge >= 0.3 is 12.1 Å². The Morgan fingerprint density at radius 2 is 1.66 bits per heavy atom. The second kappa shape index (κ2) is 28.1. The number of nitrogens with two attached hydrogens (primary N) is 2. The number of unbranched alkanes of at least 4 members (excludes halogenated alkanes) is 2. The number of fused-ring (bicyclic) bond motifs is 2. The molecule has 4 heterocycles. The van der Waals surface area contributed by atoms with Crippen molar-refractivity contribution in [1.29, 1.82) is 0 Å². The van der Waals surface area contributed by atoms with Gasteiger partial charge in [0.1, 0.15) is 30.8 Å². The zero-order valence-electron chi connectivity index (χ0n) is 44.3. The third-order valence-electron chi connectivity index (χ3n) is 13.1. The number of anilines is 2. The monoisotopic (exact) mass is 1060 g/mol. The van der Waals surface area contributed by atoms with Gasteiger partial charge < -0.3 is 62.6 Å². The molecule has 0 bridgehead atoms. The average Bonchev–Trinajstić information content (AvgIpc) is 3.61. The van der Waals surface area contributed by atoms with Crippen LogP contribution in [0.1, 0.15) is 118 Å². The Hall–Kier alpha value is -8.14. The lowest BCUT2D eigenvalue weighted by Crippen LogP contribution is -2.54. The summed E-state index contributed by atoms with van der Waals surface area (Å²) in [5.74, 6) is -2.26. The first kappa shape index (κ1) is 58.1. The molecule has 22 heteroatoms. The lowest BCUT2D eigenvalue weighted by atomic mass is 10.0. The first-order valence-corrected chi connectivity index (χ1v) is 26.3. The number of amidine groups is 1. The molecule has 412 valence electrons. The molecule has 0 saturated carbocycles. The van der Waals surface area contributed by atoms with Crippen molar-refractivity contribution in [3.05, 3.63) is 100 Å². The van der Waals surface area contributed by atoms with Crippen molar-refractivity contribution in [2.24, 2.45) is 22.4 Å². The van der Waals surface area contributed by atoms with E-state index in [1.807, 2.05) is 18.7 Å². The number of aliphatic hydroxyl groups excluding tert-OH is 1. The van der Waals surface area contributed by atoms with Gasteiger partial charge in [-0.25, -0.2) is 14.6 Å². The molecule has 0 aliphatic carbocycles. The smallest absolute Gasteiger partial charge is 0.410 e. The average molecular weight is 1060 g/mol. The minimum absolute atomic E-state index is 0.0693. The van der Waals surface area contributed by atoms with Gasteiger partial charge in [-0.3, -0.25) is 33.8 Å². The third kappa shape index (κ3) is 16.9. The molecule has 6 rings (SSSR count). The molecule has 1 aromatic heterocycles. The number of hydrogen-bond donors (Lipinski definition) is 8. The molecular weight excluding hydrogens is 989 g/mol. The highest BCUT2D eigenvalue weighted by Gasteiger charge is 2.30. The first-order valence-electron chi connectivity index (χ1n) is 26.3. The predicted molar refractivity (Wildman–Crippen MR) is 290 cm³/mol. The number of nitrogens with zero attached hydrogens (tertiary/aromatic N) is 5. The number of benzene rings is 2. The molecule has 0 radical (unpaired) electrons. The number of rotatable bonds is 25. The fourth-order valence-electron chi connectivity index (χ4n) is 9.04. The number of aliphatic imine (C=N–C) groups is 1. The van der Waals surface area contributed by atoms with Gasteiger partial charge in [0.2, 0.25) is 29.5 Å². The molecule has 9 amide bonds. The maximum atomic E-state index is 13.7. The number of hydrogen-bond acceptors (Lipinski definition) is 13. The van der Waals surface area contributed by atoms with Crippen LogP contribution in [0, 0.1) is 5.92 Å². The number of carbonyl (C=O) groups excluding carboxylic acids is 8. The molecule has 3 atom stereocenters. The Morgan fingerprint density at radius 3 is 2.35 bits per heavy atom. The highest BCUT2D eigenvalue weighted by Crippen LogP contribution is 2.30. The molecule has 3 aliphatic rings. The molecule has 3 aliphatic heterocycles. The fraction of sp³-hybridized carbons (Fsp3) is 0.455. The van der Waals surface area contributed by atoms with Crippen molar-refractivity contribution in [3.8, 4) is 0 Å². The largest absolute Gasteiger partial charge is 0.445 e. The van der Waals surface area contributed by atoms with E-state index in [1.165, 1.54) is 17.1 Å². The van der Waals surface area contributed by atoms with Crippen LogP contribution in [0.4, 0.5) is 26.7 Å². The summed E-state index contributed by atoms with van der Waals surface area (Å²) < 4.78 is 5.68. The second-order valence-electron chi connectivity index (χ2n) is 19.6. The molecule has 10 N–H and O–H groups in total. The number of primary amides is 1. The highest BCUT2D eigenvalue weighted by atomic mass is 16.6. The van der Waals surface area contributed by atoms with Gasteiger partial charge in [-0.05, 0) is 98.1 Å². The fourth-order valence-corrected chi connectivity index (χ4v) is 9.04. The number of aliphatic hydroxyl groups is 1. The quantitative estimate of drug-likeness (QED) is 0.0534. The summed E-state index contributed by atoms with van der Waals surface area (Å²) in [4.78, 5) is 118. The van der Waals surface area contributed by atoms with Gasteiger partial charge in [-0.15, -0.1) is 0 Å². The van der Waals surface area contributed by atoms with Crippen LogP contribution < -0.4 is 38.1 Å². The molecule has 77 heavy (non-hydrogen) atoms. The summed E-state index contributed by atoms with van der Waals surface area (Å²) in [6, 6.07) is 10.7. The molecule has 0 spiro atoms. The second-order valence-corrected chi connectivity index (χ2v) is 19.6. The topological polar surface area (TPSA) is 313 Å². The maximum Gasteiger partial charge on any atom is 0.410 e. The van der Waals surface area contributed by atoms with Crippen LogP contribution in [0.25, 0.3) is 6.08 Å². The number of aromatic nitrogens is 1. The van der Waals surface area contributed by atoms with Crippen LogP contribution in [0.3, 0.4) is 0 Å². The number of amides is 9. The number of carbonyl (C=O) groups is 8. The van der Waals surface area contributed by atoms with Crippen LogP contribution in [-0.4, -0.2) is 129 Å². The van der Waals surface area contributed by atoms with Gasteiger partial charge in [0.25, 0.3) is 5.91 Å². The van der Waals surface area contributed by atoms with Gasteiger partial charge in [-0.2, -0.15) is 0 Å². The van der Waals surface area contributed by atoms with Crippen LogP contribution >= 0.6 is 0 Å². The Balaban J connectivity index is 0.989. The van der Waals surface area contributed by atoms with Crippen LogP contribution in [0.2, 0.25) is 0 Å². The van der Waals surface area contributed by atoms with E-state index in [9.17, 15) is 43.5 Å². The number of pyridine rings is 1. The summed E-state index contributed by atoms with van der Waals surface area (Å²) in [6.07, 6.45) is 9.19. The Bertz CT molecular complexity index is 2740. The molecule has 22 nitrogen and oxygen atoms in total. The molecular formula is C55H72N12O10. The molecule has 0 saturated heterocycles. The van der Waals surface area contributed by atoms with E-state index in [4.69, 9.17) is 16.2 Å². The lowest BCUT2D eigenvalue weighted by molar-refractivity contribution is -0.132. The van der Waals surface area contributed by atoms with E-state index < -0.39 is 48.2 Å². The van der Waals surface area contributed by atoms with Crippen LogP contribution in [0.15, 0.2) is 77.4 Å². The molecule has 3 unspecified atom stereocenters. The molecule has 3 aromatic rings. The van der Waals surface area contributed by atoms with Crippen molar-refractivity contribution in [1.82, 2.24) is 35.6 Å². The SMILES string of the molecule is CCCN(CCC)C(=O)C1=Cc2ccc(C(=O)Nc3cnc4c(c3)CN(C(=O)OCc3ccc(NC(=O)C(CCCNC(N)=O)NC(=O)C(NC(=O)CCCCCN5C(=O)C=CC5O)C(C)C)cc3)CC4)cc2N=C(N)C1. The van der Waals surface area contributed by atoms with E-state index >= 15 is 0 Å². The van der Waals surface area contributed by atoms with Crippen LogP contribution in [0.5, 0.6) is 0 Å². The zero-order chi connectivity index (χ0) is 55.6. The van der Waals surface area contributed by atoms with E-state index in [-0.39, 0.29) is 68.4 Å². The van der Waals surface area contributed by atoms with E-state index in [2.05, 4.69) is 36.6 Å². The summed E-state index contributed by atoms with van der Waals surface area (Å²) >= 11 is 0. The van der Waals surface area contributed by atoms with Crippen molar-refractivity contribution < 1.29 is 48.2 Å². The summed E-state index contributed by atoms with van der Waals surface area (Å²) in [5.41, 5.74) is 16.5. The van der Waals surface area contributed by atoms with Gasteiger partial charge in [0.05, 0.1) is 24.1 Å². The third-order valence-corrected chi connectivity index (χ3v) is 13.1. The number of ether oxygens (including phenoxy) is 1. The van der Waals surface area contributed by atoms with E-state index in [0.717, 1.165) is 24.1 Å². The van der Waals surface area contributed by atoms with Gasteiger partial charge in [0, 0.05) is 86.1 Å². The molecule has 2 aromatic carbocycles. The minimum atomic E-state index is -1.06. The Labute approximate surface area is 448 Å². The number of nitrogens with one attached hydrogen (secondary N) is 5. The van der Waals surface area contributed by atoms with E-state index in [1.54, 1.807) is 79.6 Å². The lowest BCUT2D eigenvalue weighted by Gasteiger charge is -2.28. The van der Waals surface area contributed by atoms with Gasteiger partial charge in [0.15, 0.2) is 0 Å². The van der Waals surface area contributed by atoms with Gasteiger partial charge in [-0.1, -0.05) is 52.3 Å². The van der Waals surface area contributed by atoms with Crippen molar-refractivity contribution in [3.63, 3.8) is 0 Å². The van der Waals surface area contributed by atoms with Crippen molar-refractivity contribution >= 4 is 76.5 Å². The summed E-state index contributed by atoms with van der Waals surface area (Å²) in [6.45, 7) is 9.87. The summed E-state index contributed by atoms with van der Waals surface area (Å²) in [7, 11) is 0. The maximum absolute atomic E-state index is 13.7. The number of urea groups is 1. The Morgan fingerprint density at radius 1 is 0.909 bits per heavy atom. The molecule has 0 fully saturated rings. The van der Waals surface area contributed by atoms with Crippen molar-refractivity contribution in [2.75, 3.05) is 43.4 Å². The standard InChI is InChI=1S/C55H72N12O10/c1-5-23-65(24-6-2)53(74)38-27-36-15-16-37(29-44(36)62-45(56)30-38)50(71)61-41-28-39-32-66(26-21-42(39)59-31-41)55(76)77-33-35-13-17-40(18-14-35)60-51(72)43(11-10-22-58-54(57)75)63-52(73)49(34(3)4)64-46(68)12-8-7-9-25-67-47(69)19-20-48(67)70/h13-20,27-29,31,34,43,47,49,69H,5-12,21-26,30,32-33H2,1-4H3,(H2,56,62)(H,60,72)(H,61,71)(H,63,73)(H,64,68)(H3,57,58,75). The predicted octanol–water partition coefficient (Wildman–Crippen LogP) is 4.74. The van der Waals surface area contributed by atoms with Crippen molar-refractivity contribution in [2.45, 2.75) is 123 Å². The summed E-state index contributed by atoms with van der Waals surface area (Å²) in [5, 5.41) is 23.6. The first-order chi connectivity index (χ1) is 36.9. The zero-order valence-corrected chi connectivity index (χ0v) is 44.3. The minimum Gasteiger partial charge on any atom is -0.445 e. The highest BCUT2D eigenvalue weighted by molar-refractivity contribution is 6.08. The normalized spacial score (nSPS) is 15.5. The Kier molecular flexibility index (Phi) is 21.2.